The predicted molar refractivity (Wildman–Crippen MR) is 66.1 cm³/mol. The van der Waals surface area contributed by atoms with Gasteiger partial charge in [-0.05, 0) is 51.1 Å². The van der Waals surface area contributed by atoms with Crippen LogP contribution in [-0.4, -0.2) is 24.0 Å². The molecule has 0 radical (unpaired) electrons. The number of fused-ring (bicyclic) bond motifs is 1. The highest BCUT2D eigenvalue weighted by molar-refractivity contribution is 4.88. The Morgan fingerprint density at radius 1 is 1.00 bits per heavy atom. The van der Waals surface area contributed by atoms with E-state index >= 15 is 0 Å². The van der Waals surface area contributed by atoms with Gasteiger partial charge < -0.3 is 4.90 Å². The topological polar surface area (TPSA) is 3.24 Å². The number of unbranched alkanes of at least 4 members (excludes halogenated alkanes) is 3. The molecule has 0 saturated carbocycles. The number of piperidine rings is 1. The van der Waals surface area contributed by atoms with Gasteiger partial charge in [-0.25, -0.2) is 0 Å². The van der Waals surface area contributed by atoms with Crippen LogP contribution in [0, 0.1) is 5.92 Å². The molecule has 0 unspecified atom stereocenters. The van der Waals surface area contributed by atoms with Crippen LogP contribution in [0.1, 0.15) is 64.7 Å². The van der Waals surface area contributed by atoms with Crippen molar-refractivity contribution in [3.05, 3.63) is 0 Å². The molecule has 0 amide bonds. The lowest BCUT2D eigenvalue weighted by atomic mass is 9.85. The van der Waals surface area contributed by atoms with E-state index in [1.807, 2.05) is 0 Å². The van der Waals surface area contributed by atoms with E-state index in [1.54, 1.807) is 0 Å². The maximum atomic E-state index is 2.77. The summed E-state index contributed by atoms with van der Waals surface area (Å²) in [7, 11) is 0. The van der Waals surface area contributed by atoms with Gasteiger partial charge in [-0.3, -0.25) is 0 Å². The van der Waals surface area contributed by atoms with Crippen molar-refractivity contribution in [2.45, 2.75) is 70.8 Å². The summed E-state index contributed by atoms with van der Waals surface area (Å²) in [4.78, 5) is 2.77. The highest BCUT2D eigenvalue weighted by atomic mass is 15.2. The molecule has 2 aliphatic heterocycles. The van der Waals surface area contributed by atoms with Crippen molar-refractivity contribution < 1.29 is 0 Å². The summed E-state index contributed by atoms with van der Waals surface area (Å²) in [5, 5.41) is 0. The average molecular weight is 209 g/mol. The van der Waals surface area contributed by atoms with Gasteiger partial charge in [0, 0.05) is 6.04 Å². The Bertz CT molecular complexity index is 178. The molecule has 2 aliphatic rings. The Hall–Kier alpha value is -0.0400. The summed E-state index contributed by atoms with van der Waals surface area (Å²) in [6.07, 6.45) is 13.3. The lowest BCUT2D eigenvalue weighted by Crippen LogP contribution is -2.40. The fourth-order valence-corrected chi connectivity index (χ4v) is 3.58. The molecule has 1 heteroatoms. The Balaban J connectivity index is 1.71. The van der Waals surface area contributed by atoms with Crippen LogP contribution in [0.3, 0.4) is 0 Å². The average Bonchev–Trinajstić information content (AvgIpc) is 2.73. The van der Waals surface area contributed by atoms with Crippen LogP contribution in [-0.2, 0) is 0 Å². The molecule has 0 aromatic rings. The van der Waals surface area contributed by atoms with Crippen LogP contribution in [0.15, 0.2) is 0 Å². The van der Waals surface area contributed by atoms with E-state index < -0.39 is 0 Å². The van der Waals surface area contributed by atoms with Gasteiger partial charge in [0.25, 0.3) is 0 Å². The Labute approximate surface area is 95.2 Å². The van der Waals surface area contributed by atoms with E-state index in [2.05, 4.69) is 11.8 Å². The Morgan fingerprint density at radius 2 is 1.80 bits per heavy atom. The molecule has 1 nitrogen and oxygen atoms in total. The minimum Gasteiger partial charge on any atom is -0.300 e. The summed E-state index contributed by atoms with van der Waals surface area (Å²) in [5.41, 5.74) is 0. The quantitative estimate of drug-likeness (QED) is 0.622. The minimum absolute atomic E-state index is 0.986. The molecule has 0 bridgehead atoms. The van der Waals surface area contributed by atoms with E-state index in [1.165, 1.54) is 70.9 Å². The second kappa shape index (κ2) is 5.89. The van der Waals surface area contributed by atoms with Gasteiger partial charge in [0.15, 0.2) is 0 Å². The highest BCUT2D eigenvalue weighted by Crippen LogP contribution is 2.34. The van der Waals surface area contributed by atoms with Crippen LogP contribution < -0.4 is 0 Å². The van der Waals surface area contributed by atoms with Gasteiger partial charge in [-0.15, -0.1) is 0 Å². The van der Waals surface area contributed by atoms with Crippen LogP contribution in [0.4, 0.5) is 0 Å². The molecule has 15 heavy (non-hydrogen) atoms. The second-order valence-electron chi connectivity index (χ2n) is 5.50. The van der Waals surface area contributed by atoms with Crippen molar-refractivity contribution in [2.75, 3.05) is 13.1 Å². The summed E-state index contributed by atoms with van der Waals surface area (Å²) in [5.74, 6) is 1.05. The highest BCUT2D eigenvalue weighted by Gasteiger charge is 2.33. The zero-order valence-corrected chi connectivity index (χ0v) is 10.4. The first kappa shape index (κ1) is 11.4. The van der Waals surface area contributed by atoms with Gasteiger partial charge >= 0.3 is 0 Å². The standard InChI is InChI=1S/C14H27N/c1-2-3-4-5-8-13-9-6-11-15-12-7-10-14(13)15/h13-14H,2-12H2,1H3/t13-,14-/m1/s1. The van der Waals surface area contributed by atoms with Crippen molar-refractivity contribution in [3.8, 4) is 0 Å². The third kappa shape index (κ3) is 2.96. The molecule has 2 fully saturated rings. The molecule has 88 valence electrons. The molecule has 2 atom stereocenters. The Morgan fingerprint density at radius 3 is 2.60 bits per heavy atom. The SMILES string of the molecule is CCCCCC[C@@H]1CCCN2CCC[C@H]12. The van der Waals surface area contributed by atoms with Crippen LogP contribution in [0.25, 0.3) is 0 Å². The van der Waals surface area contributed by atoms with Crippen LogP contribution in [0.2, 0.25) is 0 Å². The van der Waals surface area contributed by atoms with E-state index in [0.29, 0.717) is 0 Å². The van der Waals surface area contributed by atoms with Crippen molar-refractivity contribution in [2.24, 2.45) is 5.92 Å². The predicted octanol–water partition coefficient (Wildman–Crippen LogP) is 3.83. The third-order valence-electron chi connectivity index (χ3n) is 4.41. The molecule has 0 N–H and O–H groups in total. The maximum absolute atomic E-state index is 2.77. The second-order valence-corrected chi connectivity index (χ2v) is 5.50. The number of hydrogen-bond acceptors (Lipinski definition) is 1. The lowest BCUT2D eigenvalue weighted by Gasteiger charge is -2.36. The Kier molecular flexibility index (Phi) is 4.49. The molecule has 0 spiro atoms. The van der Waals surface area contributed by atoms with Crippen molar-refractivity contribution >= 4 is 0 Å². The molecule has 2 heterocycles. The summed E-state index contributed by atoms with van der Waals surface area (Å²) in [6.45, 7) is 5.10. The molecular weight excluding hydrogens is 182 g/mol. The van der Waals surface area contributed by atoms with Gasteiger partial charge in [0.2, 0.25) is 0 Å². The first-order valence-electron chi connectivity index (χ1n) is 7.16. The fourth-order valence-electron chi connectivity index (χ4n) is 3.58. The smallest absolute Gasteiger partial charge is 0.0124 e. The molecule has 2 saturated heterocycles. The fraction of sp³-hybridized carbons (Fsp3) is 1.00. The van der Waals surface area contributed by atoms with Crippen LogP contribution in [0.5, 0.6) is 0 Å². The van der Waals surface area contributed by atoms with Gasteiger partial charge in [-0.1, -0.05) is 32.6 Å². The van der Waals surface area contributed by atoms with E-state index in [-0.39, 0.29) is 0 Å². The molecular formula is C14H27N. The molecule has 0 aliphatic carbocycles. The zero-order chi connectivity index (χ0) is 10.5. The molecule has 2 rings (SSSR count). The summed E-state index contributed by atoms with van der Waals surface area (Å²) in [6, 6.07) is 0.986. The van der Waals surface area contributed by atoms with Crippen molar-refractivity contribution in [1.29, 1.82) is 0 Å². The zero-order valence-electron chi connectivity index (χ0n) is 10.4. The maximum Gasteiger partial charge on any atom is 0.0124 e. The van der Waals surface area contributed by atoms with Crippen molar-refractivity contribution in [1.82, 2.24) is 4.90 Å². The first-order valence-corrected chi connectivity index (χ1v) is 7.16. The molecule has 0 aromatic carbocycles. The number of nitrogens with zero attached hydrogens (tertiary/aromatic N) is 1. The lowest BCUT2D eigenvalue weighted by molar-refractivity contribution is 0.125. The monoisotopic (exact) mass is 209 g/mol. The summed E-state index contributed by atoms with van der Waals surface area (Å²) < 4.78 is 0. The molecule has 0 aromatic heterocycles. The normalized spacial score (nSPS) is 31.8. The van der Waals surface area contributed by atoms with Gasteiger partial charge in [-0.2, -0.15) is 0 Å². The van der Waals surface area contributed by atoms with Gasteiger partial charge in [0.1, 0.15) is 0 Å². The van der Waals surface area contributed by atoms with Crippen LogP contribution >= 0.6 is 0 Å². The number of rotatable bonds is 5. The minimum atomic E-state index is 0.986. The first-order chi connectivity index (χ1) is 7.42. The number of hydrogen-bond donors (Lipinski definition) is 0. The third-order valence-corrected chi connectivity index (χ3v) is 4.41. The van der Waals surface area contributed by atoms with E-state index in [0.717, 1.165) is 12.0 Å². The van der Waals surface area contributed by atoms with Crippen molar-refractivity contribution in [3.63, 3.8) is 0 Å². The van der Waals surface area contributed by atoms with Gasteiger partial charge in [0.05, 0.1) is 0 Å². The van der Waals surface area contributed by atoms with E-state index in [9.17, 15) is 0 Å². The largest absolute Gasteiger partial charge is 0.300 e. The van der Waals surface area contributed by atoms with E-state index in [4.69, 9.17) is 0 Å². The summed E-state index contributed by atoms with van der Waals surface area (Å²) >= 11 is 0.